The molecule has 1 unspecified atom stereocenters. The highest BCUT2D eigenvalue weighted by atomic mass is 19.1. The molecule has 1 fully saturated rings. The number of benzene rings is 2. The quantitative estimate of drug-likeness (QED) is 0.712. The lowest BCUT2D eigenvalue weighted by Gasteiger charge is -2.39. The third-order valence-electron chi connectivity index (χ3n) is 3.98. The molecule has 3 rings (SSSR count). The maximum absolute atomic E-state index is 13.1. The van der Waals surface area contributed by atoms with Gasteiger partial charge in [0.05, 0.1) is 6.04 Å². The van der Waals surface area contributed by atoms with Crippen molar-refractivity contribution in [2.24, 2.45) is 0 Å². The monoisotopic (exact) mass is 285 g/mol. The molecule has 1 heterocycles. The average Bonchev–Trinajstić information content (AvgIpc) is 2.49. The number of piperidine rings is 1. The van der Waals surface area contributed by atoms with Crippen LogP contribution >= 0.6 is 0 Å². The molecule has 1 aliphatic rings. The van der Waals surface area contributed by atoms with Gasteiger partial charge in [-0.2, -0.15) is 0 Å². The Hall–Kier alpha value is -2.16. The van der Waals surface area contributed by atoms with E-state index in [1.54, 1.807) is 12.1 Å². The van der Waals surface area contributed by atoms with Gasteiger partial charge < -0.3 is 4.90 Å². The minimum Gasteiger partial charge on any atom is -0.364 e. The van der Waals surface area contributed by atoms with Crippen molar-refractivity contribution in [2.75, 3.05) is 11.4 Å². The van der Waals surface area contributed by atoms with E-state index in [9.17, 15) is 8.78 Å². The smallest absolute Gasteiger partial charge is 0.123 e. The van der Waals surface area contributed by atoms with Gasteiger partial charge in [0.2, 0.25) is 0 Å². The molecular weight excluding hydrogens is 268 g/mol. The number of hydrogen-bond acceptors (Lipinski definition) is 1. The van der Waals surface area contributed by atoms with Gasteiger partial charge in [-0.3, -0.25) is 0 Å². The lowest BCUT2D eigenvalue weighted by Crippen LogP contribution is -2.34. The fourth-order valence-electron chi connectivity index (χ4n) is 2.84. The fraction of sp³-hybridized carbons (Fsp3) is 0.222. The Labute approximate surface area is 123 Å². The summed E-state index contributed by atoms with van der Waals surface area (Å²) in [6, 6.07) is 13.2. The molecule has 0 aromatic heterocycles. The molecule has 0 saturated carbocycles. The first-order chi connectivity index (χ1) is 10.1. The Morgan fingerprint density at radius 1 is 0.905 bits per heavy atom. The molecule has 108 valence electrons. The van der Waals surface area contributed by atoms with Crippen LogP contribution in [0.4, 0.5) is 14.5 Å². The van der Waals surface area contributed by atoms with Gasteiger partial charge in [-0.25, -0.2) is 8.78 Å². The normalized spacial score (nSPS) is 18.9. The Kier molecular flexibility index (Phi) is 3.74. The van der Waals surface area contributed by atoms with Gasteiger partial charge in [-0.1, -0.05) is 24.3 Å². The van der Waals surface area contributed by atoms with E-state index in [1.807, 2.05) is 12.1 Å². The fourth-order valence-corrected chi connectivity index (χ4v) is 2.84. The molecule has 0 spiro atoms. The second kappa shape index (κ2) is 5.68. The van der Waals surface area contributed by atoms with Crippen LogP contribution < -0.4 is 4.90 Å². The lowest BCUT2D eigenvalue weighted by molar-refractivity contribution is 0.551. The van der Waals surface area contributed by atoms with E-state index in [-0.39, 0.29) is 17.7 Å². The summed E-state index contributed by atoms with van der Waals surface area (Å²) in [5.41, 5.74) is 3.24. The number of hydrogen-bond donors (Lipinski definition) is 0. The Bertz CT molecular complexity index is 631. The van der Waals surface area contributed by atoms with Crippen molar-refractivity contribution in [1.29, 1.82) is 0 Å². The van der Waals surface area contributed by atoms with Crippen LogP contribution in [0.3, 0.4) is 0 Å². The van der Waals surface area contributed by atoms with E-state index in [1.165, 1.54) is 29.8 Å². The molecule has 0 aliphatic carbocycles. The largest absolute Gasteiger partial charge is 0.364 e. The molecule has 0 amide bonds. The second-order valence-corrected chi connectivity index (χ2v) is 5.44. The van der Waals surface area contributed by atoms with Crippen LogP contribution in [0.2, 0.25) is 0 Å². The Balaban J connectivity index is 1.94. The Morgan fingerprint density at radius 3 is 2.10 bits per heavy atom. The lowest BCUT2D eigenvalue weighted by atomic mass is 9.91. The van der Waals surface area contributed by atoms with Crippen molar-refractivity contribution in [2.45, 2.75) is 18.9 Å². The number of halogens is 2. The predicted molar refractivity (Wildman–Crippen MR) is 81.3 cm³/mol. The zero-order chi connectivity index (χ0) is 14.8. The summed E-state index contributed by atoms with van der Waals surface area (Å²) in [4.78, 5) is 2.24. The van der Waals surface area contributed by atoms with Gasteiger partial charge in [0, 0.05) is 12.2 Å². The highest BCUT2D eigenvalue weighted by Gasteiger charge is 2.25. The summed E-state index contributed by atoms with van der Waals surface area (Å²) < 4.78 is 26.2. The first-order valence-electron chi connectivity index (χ1n) is 7.08. The van der Waals surface area contributed by atoms with Gasteiger partial charge in [0.1, 0.15) is 11.6 Å². The molecule has 0 N–H and O–H groups in total. The van der Waals surface area contributed by atoms with Gasteiger partial charge in [-0.15, -0.1) is 0 Å². The van der Waals surface area contributed by atoms with Crippen molar-refractivity contribution >= 4 is 5.69 Å². The third-order valence-corrected chi connectivity index (χ3v) is 3.98. The number of nitrogens with zero attached hydrogens (tertiary/aromatic N) is 1. The summed E-state index contributed by atoms with van der Waals surface area (Å²) >= 11 is 0. The zero-order valence-corrected chi connectivity index (χ0v) is 11.7. The van der Waals surface area contributed by atoms with Crippen molar-refractivity contribution in [1.82, 2.24) is 0 Å². The van der Waals surface area contributed by atoms with Crippen LogP contribution in [0.1, 0.15) is 24.4 Å². The standard InChI is InChI=1S/C18H17F2N/c1-13-10-11-21(17-8-6-16(20)7-9-17)18(12-13)14-2-4-15(19)5-3-14/h2-9,18H,1,10-12H2. The van der Waals surface area contributed by atoms with Crippen LogP contribution in [-0.2, 0) is 0 Å². The van der Waals surface area contributed by atoms with Crippen molar-refractivity contribution in [3.05, 3.63) is 77.9 Å². The summed E-state index contributed by atoms with van der Waals surface area (Å²) in [6.45, 7) is 4.93. The maximum Gasteiger partial charge on any atom is 0.123 e. The summed E-state index contributed by atoms with van der Waals surface area (Å²) in [6.07, 6.45) is 1.76. The predicted octanol–water partition coefficient (Wildman–Crippen LogP) is 4.86. The summed E-state index contributed by atoms with van der Waals surface area (Å²) in [5.74, 6) is -0.472. The Morgan fingerprint density at radius 2 is 1.48 bits per heavy atom. The van der Waals surface area contributed by atoms with Crippen molar-refractivity contribution < 1.29 is 8.78 Å². The molecule has 0 radical (unpaired) electrons. The average molecular weight is 285 g/mol. The van der Waals surface area contributed by atoms with Crippen LogP contribution in [0.25, 0.3) is 0 Å². The molecule has 1 atom stereocenters. The summed E-state index contributed by atoms with van der Waals surface area (Å²) in [5, 5.41) is 0. The second-order valence-electron chi connectivity index (χ2n) is 5.44. The third kappa shape index (κ3) is 2.97. The van der Waals surface area contributed by atoms with Gasteiger partial charge in [0.25, 0.3) is 0 Å². The van der Waals surface area contributed by atoms with Crippen molar-refractivity contribution in [3.63, 3.8) is 0 Å². The minimum absolute atomic E-state index is 0.123. The molecular formula is C18H17F2N. The minimum atomic E-state index is -0.237. The van der Waals surface area contributed by atoms with Gasteiger partial charge >= 0.3 is 0 Å². The molecule has 1 nitrogen and oxygen atoms in total. The first kappa shape index (κ1) is 13.8. The molecule has 2 aromatic carbocycles. The number of rotatable bonds is 2. The topological polar surface area (TPSA) is 3.24 Å². The maximum atomic E-state index is 13.1. The molecule has 3 heteroatoms. The van der Waals surface area contributed by atoms with E-state index < -0.39 is 0 Å². The highest BCUT2D eigenvalue weighted by molar-refractivity contribution is 5.50. The molecule has 21 heavy (non-hydrogen) atoms. The molecule has 2 aromatic rings. The highest BCUT2D eigenvalue weighted by Crippen LogP contribution is 2.36. The molecule has 0 bridgehead atoms. The van der Waals surface area contributed by atoms with Crippen molar-refractivity contribution in [3.8, 4) is 0 Å². The van der Waals surface area contributed by atoms with Crippen LogP contribution in [0.15, 0.2) is 60.7 Å². The van der Waals surface area contributed by atoms with Crippen LogP contribution in [0.5, 0.6) is 0 Å². The zero-order valence-electron chi connectivity index (χ0n) is 11.7. The van der Waals surface area contributed by atoms with Crippen LogP contribution in [0, 0.1) is 11.6 Å². The molecule has 1 saturated heterocycles. The first-order valence-corrected chi connectivity index (χ1v) is 7.08. The van der Waals surface area contributed by atoms with Gasteiger partial charge in [0.15, 0.2) is 0 Å². The SMILES string of the molecule is C=C1CCN(c2ccc(F)cc2)C(c2ccc(F)cc2)C1. The number of anilines is 1. The van der Waals surface area contributed by atoms with Gasteiger partial charge in [-0.05, 0) is 54.8 Å². The van der Waals surface area contributed by atoms with E-state index in [0.717, 1.165) is 30.6 Å². The van der Waals surface area contributed by atoms with E-state index in [0.29, 0.717) is 0 Å². The van der Waals surface area contributed by atoms with E-state index in [2.05, 4.69) is 11.5 Å². The van der Waals surface area contributed by atoms with E-state index >= 15 is 0 Å². The van der Waals surface area contributed by atoms with E-state index in [4.69, 9.17) is 0 Å². The summed E-state index contributed by atoms with van der Waals surface area (Å²) in [7, 11) is 0. The van der Waals surface area contributed by atoms with Crippen LogP contribution in [-0.4, -0.2) is 6.54 Å². The molecule has 1 aliphatic heterocycles.